The minimum Gasteiger partial charge on any atom is -0.394 e. The SMILES string of the molecule is CCCCCCCCCCCCCCCCCCCCCCCCC(O)C(=O)NC(COC1OC(CO)C(O)C(OS(=O)(=O)O)C1O)C(O)CCCCCCCCCCCCCCCCCCCCCC. The summed E-state index contributed by atoms with van der Waals surface area (Å²) in [4.78, 5) is 13.2. The Bertz CT molecular complexity index is 1280. The van der Waals surface area contributed by atoms with E-state index in [1.165, 1.54) is 218 Å². The fraction of sp³-hybridized carbons (Fsp3) is 0.982. The number of ether oxygens (including phenoxy) is 2. The minimum atomic E-state index is -5.11. The summed E-state index contributed by atoms with van der Waals surface area (Å²) in [6.45, 7) is 3.35. The molecule has 8 unspecified atom stereocenters. The molecule has 0 aromatic rings. The van der Waals surface area contributed by atoms with Crippen LogP contribution >= 0.6 is 0 Å². The maximum atomic E-state index is 13.2. The molecule has 1 saturated heterocycles. The molecule has 0 spiro atoms. The lowest BCUT2D eigenvalue weighted by Gasteiger charge is -2.41. The minimum absolute atomic E-state index is 0.267. The van der Waals surface area contributed by atoms with Crippen molar-refractivity contribution in [3.8, 4) is 0 Å². The Morgan fingerprint density at radius 3 is 1.13 bits per heavy atom. The second-order valence-corrected chi connectivity index (χ2v) is 22.5. The van der Waals surface area contributed by atoms with E-state index >= 15 is 0 Å². The molecule has 0 aromatic heterocycles. The third kappa shape index (κ3) is 39.2. The van der Waals surface area contributed by atoms with Crippen LogP contribution in [0.4, 0.5) is 0 Å². The molecule has 1 rings (SSSR count). The van der Waals surface area contributed by atoms with E-state index in [0.29, 0.717) is 19.3 Å². The van der Waals surface area contributed by atoms with Gasteiger partial charge in [-0.05, 0) is 12.8 Å². The van der Waals surface area contributed by atoms with Crippen LogP contribution in [0.25, 0.3) is 0 Å². The number of hydrogen-bond donors (Lipinski definition) is 7. The standard InChI is InChI=1S/C57H113NO12S/c1-3-5-7-9-11-13-15-17-19-21-23-25-26-28-30-32-34-36-38-40-42-44-46-51(61)56(64)58-49(48-68-57-54(63)55(70-71(65,66)67)53(62)52(47-59)69-57)50(60)45-43-41-39-37-35-33-31-29-27-24-22-20-18-16-14-12-10-8-6-4-2/h49-55,57,59-63H,3-48H2,1-2H3,(H,58,64)(H,65,66,67). The molecule has 0 radical (unpaired) electrons. The molecule has 71 heavy (non-hydrogen) atoms. The Kier molecular flexibility index (Phi) is 45.5. The summed E-state index contributed by atoms with van der Waals surface area (Å²) < 4.78 is 47.9. The van der Waals surface area contributed by atoms with Crippen molar-refractivity contribution in [2.75, 3.05) is 13.2 Å². The number of carbonyl (C=O) groups excluding carboxylic acids is 1. The van der Waals surface area contributed by atoms with Crippen LogP contribution in [0, 0.1) is 0 Å². The van der Waals surface area contributed by atoms with Crippen LogP contribution in [0.3, 0.4) is 0 Å². The lowest BCUT2D eigenvalue weighted by atomic mass is 9.99. The van der Waals surface area contributed by atoms with Crippen molar-refractivity contribution >= 4 is 16.3 Å². The highest BCUT2D eigenvalue weighted by Crippen LogP contribution is 2.26. The van der Waals surface area contributed by atoms with Gasteiger partial charge in [0, 0.05) is 0 Å². The highest BCUT2D eigenvalue weighted by molar-refractivity contribution is 7.80. The summed E-state index contributed by atoms with van der Waals surface area (Å²) in [6, 6.07) is -1.03. The van der Waals surface area contributed by atoms with Crippen molar-refractivity contribution in [2.45, 2.75) is 345 Å². The Balaban J connectivity index is 2.38. The number of carbonyl (C=O) groups is 1. The fourth-order valence-corrected chi connectivity index (χ4v) is 10.6. The predicted octanol–water partition coefficient (Wildman–Crippen LogP) is 13.0. The fourth-order valence-electron chi connectivity index (χ4n) is 10.1. The molecule has 0 aliphatic carbocycles. The third-order valence-electron chi connectivity index (χ3n) is 14.8. The lowest BCUT2D eigenvalue weighted by molar-refractivity contribution is -0.298. The van der Waals surface area contributed by atoms with Crippen molar-refractivity contribution in [1.29, 1.82) is 0 Å². The molecule has 1 amide bonds. The Labute approximate surface area is 435 Å². The summed E-state index contributed by atoms with van der Waals surface area (Å²) in [5.74, 6) is -0.661. The molecule has 1 aliphatic rings. The van der Waals surface area contributed by atoms with Crippen molar-refractivity contribution in [3.63, 3.8) is 0 Å². The predicted molar refractivity (Wildman–Crippen MR) is 289 cm³/mol. The van der Waals surface area contributed by atoms with Gasteiger partial charge in [0.15, 0.2) is 6.29 Å². The monoisotopic (exact) mass is 1040 g/mol. The number of rotatable bonds is 53. The van der Waals surface area contributed by atoms with Crippen molar-refractivity contribution in [3.05, 3.63) is 0 Å². The smallest absolute Gasteiger partial charge is 0.394 e. The second kappa shape index (κ2) is 47.5. The molecular formula is C57H113NO12S. The van der Waals surface area contributed by atoms with Crippen LogP contribution in [-0.2, 0) is 28.9 Å². The van der Waals surface area contributed by atoms with E-state index < -0.39 is 78.5 Å². The van der Waals surface area contributed by atoms with Crippen LogP contribution in [-0.4, -0.2) is 107 Å². The lowest BCUT2D eigenvalue weighted by Crippen LogP contribution is -2.61. The summed E-state index contributed by atoms with van der Waals surface area (Å²) in [6.07, 6.45) is 42.8. The molecule has 0 bridgehead atoms. The van der Waals surface area contributed by atoms with Gasteiger partial charge in [0.1, 0.15) is 30.5 Å². The molecule has 1 aliphatic heterocycles. The molecule has 1 fully saturated rings. The number of hydrogen-bond acceptors (Lipinski definition) is 11. The molecule has 0 saturated carbocycles. The first kappa shape index (κ1) is 68.1. The zero-order valence-corrected chi connectivity index (χ0v) is 46.5. The van der Waals surface area contributed by atoms with Gasteiger partial charge in [-0.3, -0.25) is 9.35 Å². The molecule has 0 aromatic carbocycles. The van der Waals surface area contributed by atoms with Gasteiger partial charge < -0.3 is 40.3 Å². The maximum Gasteiger partial charge on any atom is 0.397 e. The average molecular weight is 1040 g/mol. The van der Waals surface area contributed by atoms with E-state index in [9.17, 15) is 43.3 Å². The van der Waals surface area contributed by atoms with Crippen LogP contribution in [0.2, 0.25) is 0 Å². The number of aliphatic hydroxyl groups excluding tert-OH is 5. The van der Waals surface area contributed by atoms with Gasteiger partial charge in [-0.1, -0.05) is 284 Å². The number of aliphatic hydroxyl groups is 5. The zero-order chi connectivity index (χ0) is 52.1. The molecule has 13 nitrogen and oxygen atoms in total. The number of unbranched alkanes of at least 4 members (excludes halogenated alkanes) is 40. The molecular weight excluding hydrogens is 923 g/mol. The van der Waals surface area contributed by atoms with Crippen molar-refractivity contribution in [1.82, 2.24) is 5.32 Å². The topological polar surface area (TPSA) is 212 Å². The Hall–Kier alpha value is -0.940. The van der Waals surface area contributed by atoms with Crippen LogP contribution in [0.15, 0.2) is 0 Å². The maximum absolute atomic E-state index is 13.2. The Morgan fingerprint density at radius 1 is 0.507 bits per heavy atom. The average Bonchev–Trinajstić information content (AvgIpc) is 3.35. The number of nitrogens with one attached hydrogen (secondary N) is 1. The van der Waals surface area contributed by atoms with E-state index in [0.717, 1.165) is 38.5 Å². The van der Waals surface area contributed by atoms with E-state index in [4.69, 9.17) is 9.47 Å². The van der Waals surface area contributed by atoms with Crippen molar-refractivity contribution < 1.29 is 57.0 Å². The van der Waals surface area contributed by atoms with Gasteiger partial charge >= 0.3 is 10.4 Å². The quantitative estimate of drug-likeness (QED) is 0.0224. The first-order valence-electron chi connectivity index (χ1n) is 30.0. The first-order valence-corrected chi connectivity index (χ1v) is 31.4. The Morgan fingerprint density at radius 2 is 0.817 bits per heavy atom. The highest BCUT2D eigenvalue weighted by Gasteiger charge is 2.48. The van der Waals surface area contributed by atoms with Gasteiger partial charge in [0.25, 0.3) is 0 Å². The molecule has 424 valence electrons. The van der Waals surface area contributed by atoms with Gasteiger partial charge in [-0.25, -0.2) is 4.18 Å². The number of amides is 1. The zero-order valence-electron chi connectivity index (χ0n) is 45.7. The van der Waals surface area contributed by atoms with E-state index in [-0.39, 0.29) is 6.42 Å². The van der Waals surface area contributed by atoms with Crippen LogP contribution in [0.1, 0.15) is 296 Å². The van der Waals surface area contributed by atoms with Gasteiger partial charge in [0.2, 0.25) is 5.91 Å². The largest absolute Gasteiger partial charge is 0.397 e. The molecule has 8 atom stereocenters. The molecule has 7 N–H and O–H groups in total. The first-order chi connectivity index (χ1) is 34.4. The molecule has 1 heterocycles. The van der Waals surface area contributed by atoms with Crippen LogP contribution in [0.5, 0.6) is 0 Å². The molecule has 14 heteroatoms. The highest BCUT2D eigenvalue weighted by atomic mass is 32.3. The van der Waals surface area contributed by atoms with Gasteiger partial charge in [-0.15, -0.1) is 0 Å². The van der Waals surface area contributed by atoms with E-state index in [1.54, 1.807) is 0 Å². The van der Waals surface area contributed by atoms with Crippen LogP contribution < -0.4 is 5.32 Å². The second-order valence-electron chi connectivity index (χ2n) is 21.4. The van der Waals surface area contributed by atoms with Crippen molar-refractivity contribution in [2.24, 2.45) is 0 Å². The summed E-state index contributed by atoms with van der Waals surface area (Å²) in [5, 5.41) is 55.8. The summed E-state index contributed by atoms with van der Waals surface area (Å²) in [7, 11) is -5.11. The summed E-state index contributed by atoms with van der Waals surface area (Å²) in [5.41, 5.74) is 0. The summed E-state index contributed by atoms with van der Waals surface area (Å²) >= 11 is 0. The third-order valence-corrected chi connectivity index (χ3v) is 15.2. The van der Waals surface area contributed by atoms with E-state index in [2.05, 4.69) is 23.3 Å². The normalized spacial score (nSPS) is 19.8. The van der Waals surface area contributed by atoms with Gasteiger partial charge in [0.05, 0.1) is 25.4 Å². The van der Waals surface area contributed by atoms with Gasteiger partial charge in [-0.2, -0.15) is 8.42 Å². The van der Waals surface area contributed by atoms with E-state index in [1.807, 2.05) is 0 Å².